The predicted molar refractivity (Wildman–Crippen MR) is 101 cm³/mol. The number of carbonyl (C=O) groups is 1. The zero-order valence-electron chi connectivity index (χ0n) is 15.6. The van der Waals surface area contributed by atoms with Crippen molar-refractivity contribution in [2.75, 3.05) is 38.8 Å². The second-order valence-corrected chi connectivity index (χ2v) is 6.56. The number of methoxy groups -OCH3 is 2. The van der Waals surface area contributed by atoms with Gasteiger partial charge in [-0.25, -0.2) is 9.48 Å². The molecule has 1 fully saturated rings. The smallest absolute Gasteiger partial charge is 0.337 e. The molecule has 2 N–H and O–H groups in total. The summed E-state index contributed by atoms with van der Waals surface area (Å²) in [6.45, 7) is 2.56. The van der Waals surface area contributed by atoms with Crippen molar-refractivity contribution < 1.29 is 14.3 Å². The van der Waals surface area contributed by atoms with Gasteiger partial charge in [-0.2, -0.15) is 5.10 Å². The number of ether oxygens (including phenoxy) is 2. The molecular weight excluding hydrogens is 348 g/mol. The number of nitrogens with zero attached hydrogens (tertiary/aromatic N) is 3. The summed E-state index contributed by atoms with van der Waals surface area (Å²) in [5, 5.41) is 4.30. The summed E-state index contributed by atoms with van der Waals surface area (Å²) in [7, 11) is 2.86. The fraction of sp³-hybridized carbons (Fsp3) is 0.421. The zero-order valence-corrected chi connectivity index (χ0v) is 15.6. The van der Waals surface area contributed by atoms with Crippen molar-refractivity contribution in [3.05, 3.63) is 51.9 Å². The third kappa shape index (κ3) is 4.11. The highest BCUT2D eigenvalue weighted by Gasteiger charge is 2.22. The van der Waals surface area contributed by atoms with Gasteiger partial charge in [0.1, 0.15) is 5.75 Å². The van der Waals surface area contributed by atoms with Crippen LogP contribution in [0.3, 0.4) is 0 Å². The summed E-state index contributed by atoms with van der Waals surface area (Å²) in [5.41, 5.74) is 7.39. The van der Waals surface area contributed by atoms with E-state index in [4.69, 9.17) is 15.2 Å². The van der Waals surface area contributed by atoms with Gasteiger partial charge in [-0.15, -0.1) is 0 Å². The van der Waals surface area contributed by atoms with Crippen LogP contribution in [0.15, 0.2) is 35.3 Å². The van der Waals surface area contributed by atoms with E-state index in [1.807, 2.05) is 0 Å². The number of benzene rings is 1. The standard InChI is InChI=1S/C19H24N4O4/c1-26-17-4-3-14(19(25)27-2)7-15(17)12-23-18(24)8-16(10-21-23)22-6-5-13(9-20)11-22/h3-4,7-8,10,13H,5-6,9,11-12,20H2,1-2H3/t13-/m0/s1. The van der Waals surface area contributed by atoms with Crippen LogP contribution in [0.4, 0.5) is 5.69 Å². The molecule has 3 rings (SSSR count). The summed E-state index contributed by atoms with van der Waals surface area (Å²) in [4.78, 5) is 26.4. The fourth-order valence-corrected chi connectivity index (χ4v) is 3.28. The van der Waals surface area contributed by atoms with Crippen LogP contribution in [-0.2, 0) is 11.3 Å². The van der Waals surface area contributed by atoms with Crippen molar-refractivity contribution in [3.8, 4) is 5.75 Å². The molecule has 27 heavy (non-hydrogen) atoms. The lowest BCUT2D eigenvalue weighted by Gasteiger charge is -2.18. The fourth-order valence-electron chi connectivity index (χ4n) is 3.28. The van der Waals surface area contributed by atoms with Gasteiger partial charge in [-0.05, 0) is 37.1 Å². The minimum atomic E-state index is -0.446. The summed E-state index contributed by atoms with van der Waals surface area (Å²) in [6.07, 6.45) is 2.72. The maximum absolute atomic E-state index is 12.5. The molecule has 1 aromatic heterocycles. The first-order chi connectivity index (χ1) is 13.0. The third-order valence-electron chi connectivity index (χ3n) is 4.86. The van der Waals surface area contributed by atoms with E-state index in [0.29, 0.717) is 29.3 Å². The third-order valence-corrected chi connectivity index (χ3v) is 4.86. The molecule has 0 spiro atoms. The topological polar surface area (TPSA) is 99.7 Å². The molecule has 0 radical (unpaired) electrons. The Morgan fingerprint density at radius 2 is 2.15 bits per heavy atom. The minimum Gasteiger partial charge on any atom is -0.496 e. The van der Waals surface area contributed by atoms with Crippen LogP contribution in [0.1, 0.15) is 22.3 Å². The number of esters is 1. The van der Waals surface area contributed by atoms with E-state index in [-0.39, 0.29) is 12.1 Å². The number of nitrogens with two attached hydrogens (primary N) is 1. The zero-order chi connectivity index (χ0) is 19.4. The Morgan fingerprint density at radius 3 is 2.78 bits per heavy atom. The number of anilines is 1. The maximum atomic E-state index is 12.5. The summed E-state index contributed by atoms with van der Waals surface area (Å²) >= 11 is 0. The quantitative estimate of drug-likeness (QED) is 0.751. The van der Waals surface area contributed by atoms with Gasteiger partial charge in [0.2, 0.25) is 0 Å². The number of aromatic nitrogens is 2. The van der Waals surface area contributed by atoms with Crippen molar-refractivity contribution in [1.29, 1.82) is 0 Å². The molecule has 0 bridgehead atoms. The largest absolute Gasteiger partial charge is 0.496 e. The van der Waals surface area contributed by atoms with Gasteiger partial charge in [0, 0.05) is 24.7 Å². The van der Waals surface area contributed by atoms with Crippen molar-refractivity contribution >= 4 is 11.7 Å². The molecule has 1 aliphatic heterocycles. The maximum Gasteiger partial charge on any atom is 0.337 e. The van der Waals surface area contributed by atoms with Crippen LogP contribution in [0.25, 0.3) is 0 Å². The molecule has 2 heterocycles. The van der Waals surface area contributed by atoms with Gasteiger partial charge in [-0.1, -0.05) is 0 Å². The van der Waals surface area contributed by atoms with E-state index in [1.165, 1.54) is 18.9 Å². The second kappa shape index (κ2) is 8.22. The summed E-state index contributed by atoms with van der Waals surface area (Å²) < 4.78 is 11.4. The molecule has 0 unspecified atom stereocenters. The first-order valence-corrected chi connectivity index (χ1v) is 8.83. The van der Waals surface area contributed by atoms with Crippen molar-refractivity contribution in [1.82, 2.24) is 9.78 Å². The predicted octanol–water partition coefficient (Wildman–Crippen LogP) is 0.872. The van der Waals surface area contributed by atoms with Crippen LogP contribution in [0, 0.1) is 5.92 Å². The highest BCUT2D eigenvalue weighted by atomic mass is 16.5. The molecule has 1 aliphatic rings. The molecule has 1 saturated heterocycles. The Balaban J connectivity index is 1.84. The number of rotatable bonds is 6. The number of hydrogen-bond acceptors (Lipinski definition) is 7. The summed E-state index contributed by atoms with van der Waals surface area (Å²) in [5.74, 6) is 0.585. The molecule has 0 aliphatic carbocycles. The Morgan fingerprint density at radius 1 is 1.33 bits per heavy atom. The number of hydrogen-bond donors (Lipinski definition) is 1. The first-order valence-electron chi connectivity index (χ1n) is 8.83. The van der Waals surface area contributed by atoms with Crippen LogP contribution in [0.2, 0.25) is 0 Å². The highest BCUT2D eigenvalue weighted by Crippen LogP contribution is 2.23. The van der Waals surface area contributed by atoms with E-state index in [2.05, 4.69) is 10.00 Å². The Hall–Kier alpha value is -2.87. The van der Waals surface area contributed by atoms with E-state index in [1.54, 1.807) is 30.5 Å². The van der Waals surface area contributed by atoms with Crippen molar-refractivity contribution in [3.63, 3.8) is 0 Å². The molecular formula is C19H24N4O4. The molecule has 8 heteroatoms. The Kier molecular flexibility index (Phi) is 5.75. The lowest BCUT2D eigenvalue weighted by atomic mass is 10.1. The van der Waals surface area contributed by atoms with Gasteiger partial charge in [-0.3, -0.25) is 4.79 Å². The van der Waals surface area contributed by atoms with E-state index >= 15 is 0 Å². The lowest BCUT2D eigenvalue weighted by molar-refractivity contribution is 0.0600. The lowest BCUT2D eigenvalue weighted by Crippen LogP contribution is -2.28. The Labute approximate surface area is 157 Å². The van der Waals surface area contributed by atoms with E-state index in [0.717, 1.165) is 25.2 Å². The van der Waals surface area contributed by atoms with Crippen LogP contribution in [-0.4, -0.2) is 49.6 Å². The molecule has 1 atom stereocenters. The van der Waals surface area contributed by atoms with E-state index < -0.39 is 5.97 Å². The SMILES string of the molecule is COC(=O)c1ccc(OC)c(Cn2ncc(N3CC[C@@H](CN)C3)cc2=O)c1. The minimum absolute atomic E-state index is 0.193. The molecule has 0 amide bonds. The van der Waals surface area contributed by atoms with Gasteiger partial charge in [0.15, 0.2) is 0 Å². The molecule has 144 valence electrons. The van der Waals surface area contributed by atoms with E-state index in [9.17, 15) is 9.59 Å². The molecule has 2 aromatic rings. The van der Waals surface area contributed by atoms with Gasteiger partial charge in [0.05, 0.1) is 38.2 Å². The second-order valence-electron chi connectivity index (χ2n) is 6.56. The number of carbonyl (C=O) groups excluding carboxylic acids is 1. The summed E-state index contributed by atoms with van der Waals surface area (Å²) in [6, 6.07) is 6.54. The monoisotopic (exact) mass is 372 g/mol. The van der Waals surface area contributed by atoms with Crippen molar-refractivity contribution in [2.45, 2.75) is 13.0 Å². The van der Waals surface area contributed by atoms with Crippen LogP contribution >= 0.6 is 0 Å². The molecule has 0 saturated carbocycles. The van der Waals surface area contributed by atoms with Gasteiger partial charge < -0.3 is 20.1 Å². The van der Waals surface area contributed by atoms with Crippen LogP contribution < -0.4 is 20.9 Å². The average Bonchev–Trinajstić information content (AvgIpc) is 3.18. The van der Waals surface area contributed by atoms with Crippen LogP contribution in [0.5, 0.6) is 5.75 Å². The first kappa shape index (κ1) is 18.9. The highest BCUT2D eigenvalue weighted by molar-refractivity contribution is 5.89. The van der Waals surface area contributed by atoms with Gasteiger partial charge >= 0.3 is 5.97 Å². The average molecular weight is 372 g/mol. The van der Waals surface area contributed by atoms with Crippen molar-refractivity contribution in [2.24, 2.45) is 11.7 Å². The normalized spacial score (nSPS) is 16.4. The molecule has 8 nitrogen and oxygen atoms in total. The molecule has 1 aromatic carbocycles. The van der Waals surface area contributed by atoms with Gasteiger partial charge in [0.25, 0.3) is 5.56 Å². The Bertz CT molecular complexity index is 880.